The van der Waals surface area contributed by atoms with Crippen molar-refractivity contribution in [1.82, 2.24) is 30.1 Å². The minimum Gasteiger partial charge on any atom is -0.497 e. The molecule has 14 heteroatoms. The fraction of sp³-hybridized carbons (Fsp3) is 0.514. The number of rotatable bonds is 18. The lowest BCUT2D eigenvalue weighted by Crippen LogP contribution is -2.57. The van der Waals surface area contributed by atoms with Crippen LogP contribution in [-0.4, -0.2) is 92.2 Å². The average Bonchev–Trinajstić information content (AvgIpc) is 3.65. The highest BCUT2D eigenvalue weighted by molar-refractivity contribution is 7.89. The number of aliphatic hydroxyl groups is 1. The van der Waals surface area contributed by atoms with Crippen molar-refractivity contribution in [3.05, 3.63) is 75.7 Å². The van der Waals surface area contributed by atoms with Crippen LogP contribution in [-0.2, 0) is 40.7 Å². The van der Waals surface area contributed by atoms with E-state index in [1.807, 2.05) is 70.5 Å². The molecule has 0 radical (unpaired) electrons. The molecule has 3 amide bonds. The zero-order valence-corrected chi connectivity index (χ0v) is 30.8. The molecule has 0 bridgehead atoms. The van der Waals surface area contributed by atoms with Gasteiger partial charge < -0.3 is 30.3 Å². The highest BCUT2D eigenvalue weighted by Gasteiger charge is 2.40. The molecule has 4 rings (SSSR count). The minimum absolute atomic E-state index is 0.116. The number of hydrogen-bond donors (Lipinski definition) is 4. The summed E-state index contributed by atoms with van der Waals surface area (Å²) in [6, 6.07) is 12.3. The van der Waals surface area contributed by atoms with E-state index in [9.17, 15) is 23.1 Å². The molecule has 0 saturated carbocycles. The normalized spacial score (nSPS) is 15.6. The minimum atomic E-state index is -4.02. The summed E-state index contributed by atoms with van der Waals surface area (Å²) >= 11 is 1.53. The molecule has 4 N–H and O–H groups in total. The van der Waals surface area contributed by atoms with E-state index in [1.54, 1.807) is 21.9 Å². The van der Waals surface area contributed by atoms with Gasteiger partial charge in [-0.25, -0.2) is 22.9 Å². The van der Waals surface area contributed by atoms with Crippen molar-refractivity contribution in [2.45, 2.75) is 76.7 Å². The van der Waals surface area contributed by atoms with Gasteiger partial charge in [0.25, 0.3) is 0 Å². The highest BCUT2D eigenvalue weighted by Crippen LogP contribution is 2.25. The van der Waals surface area contributed by atoms with Crippen molar-refractivity contribution in [2.75, 3.05) is 33.8 Å². The number of nitrogens with zero attached hydrogens (tertiary/aromatic N) is 3. The summed E-state index contributed by atoms with van der Waals surface area (Å²) in [5.74, 6) is 0.116. The quantitative estimate of drug-likeness (QED) is 0.157. The van der Waals surface area contributed by atoms with Crippen molar-refractivity contribution in [1.29, 1.82) is 0 Å². The van der Waals surface area contributed by atoms with E-state index in [2.05, 4.69) is 20.3 Å². The molecule has 0 spiro atoms. The lowest BCUT2D eigenvalue weighted by molar-refractivity contribution is -0.128. The van der Waals surface area contributed by atoms with Crippen LogP contribution in [0.3, 0.4) is 0 Å². The molecule has 2 aromatic carbocycles. The molecule has 0 aliphatic carbocycles. The van der Waals surface area contributed by atoms with Crippen LogP contribution in [0.5, 0.6) is 5.75 Å². The summed E-state index contributed by atoms with van der Waals surface area (Å²) in [5, 5.41) is 20.4. The lowest BCUT2D eigenvalue weighted by atomic mass is 9.98. The van der Waals surface area contributed by atoms with E-state index in [0.29, 0.717) is 43.9 Å². The number of sulfonamides is 1. The number of aromatic nitrogens is 1. The summed E-state index contributed by atoms with van der Waals surface area (Å²) < 4.78 is 35.0. The Balaban J connectivity index is 1.50. The van der Waals surface area contributed by atoms with Gasteiger partial charge in [0, 0.05) is 31.6 Å². The first-order valence-electron chi connectivity index (χ1n) is 16.6. The fourth-order valence-electron chi connectivity index (χ4n) is 6.04. The predicted molar refractivity (Wildman–Crippen MR) is 191 cm³/mol. The van der Waals surface area contributed by atoms with E-state index >= 15 is 0 Å². The first-order chi connectivity index (χ1) is 23.3. The van der Waals surface area contributed by atoms with Gasteiger partial charge in [-0.15, -0.1) is 11.3 Å². The van der Waals surface area contributed by atoms with Gasteiger partial charge in [0.05, 0.1) is 36.4 Å². The van der Waals surface area contributed by atoms with Gasteiger partial charge in [-0.2, -0.15) is 0 Å². The second-order valence-electron chi connectivity index (χ2n) is 13.1. The Hall–Kier alpha value is -3.56. The molecule has 268 valence electrons. The Morgan fingerprint density at radius 2 is 1.82 bits per heavy atom. The lowest BCUT2D eigenvalue weighted by Gasteiger charge is -2.33. The Labute approximate surface area is 294 Å². The predicted octanol–water partition coefficient (Wildman–Crippen LogP) is 3.40. The molecule has 1 aromatic heterocycles. The highest BCUT2D eigenvalue weighted by atomic mass is 32.2. The standard InChI is InChI=1S/C35H50N6O6S2/c1-23(2)16-26-18-28(47-6)12-13-31(26)49(45,46)37-19-30(42)29(17-25-10-8-7-9-11-25)39-34(43)33(24(3)4)41-15-14-40(35(41)44)21-27-22-48-32(38-27)20-36-5/h7-13,18,22-24,29-30,33,36-37,42H,14-17,19-21H2,1-6H3,(H,39,43)/t29-,30+,33-/m0/s1. The van der Waals surface area contributed by atoms with Gasteiger partial charge in [0.2, 0.25) is 15.9 Å². The van der Waals surface area contributed by atoms with Crippen LogP contribution in [0.25, 0.3) is 0 Å². The maximum atomic E-state index is 14.0. The Morgan fingerprint density at radius 1 is 1.08 bits per heavy atom. The molecule has 1 aliphatic rings. The molecule has 12 nitrogen and oxygen atoms in total. The number of ether oxygens (including phenoxy) is 1. The summed E-state index contributed by atoms with van der Waals surface area (Å²) in [7, 11) is -0.636. The molecule has 3 aromatic rings. The Bertz CT molecular complexity index is 1650. The third-order valence-corrected chi connectivity index (χ3v) is 10.8. The molecule has 1 saturated heterocycles. The number of amides is 3. The van der Waals surface area contributed by atoms with E-state index in [0.717, 1.165) is 16.3 Å². The molecule has 1 aliphatic heterocycles. The first kappa shape index (κ1) is 38.2. The fourth-order valence-corrected chi connectivity index (χ4v) is 8.12. The maximum absolute atomic E-state index is 14.0. The summed E-state index contributed by atoms with van der Waals surface area (Å²) in [6.45, 7) is 9.26. The SMILES string of the molecule is CNCc1nc(CN2CCN([C@H](C(=O)N[C@@H](Cc3ccccc3)[C@H](O)CNS(=O)(=O)c3ccc(OC)cc3CC(C)C)C(C)C)C2=O)cs1. The van der Waals surface area contributed by atoms with Crippen LogP contribution in [0.2, 0.25) is 0 Å². The van der Waals surface area contributed by atoms with Crippen LogP contribution in [0.4, 0.5) is 4.79 Å². The van der Waals surface area contributed by atoms with Crippen molar-refractivity contribution in [3.63, 3.8) is 0 Å². The van der Waals surface area contributed by atoms with Gasteiger partial charge in [0.1, 0.15) is 16.8 Å². The summed E-state index contributed by atoms with van der Waals surface area (Å²) in [5.41, 5.74) is 2.27. The monoisotopic (exact) mass is 714 g/mol. The first-order valence-corrected chi connectivity index (χ1v) is 19.0. The van der Waals surface area contributed by atoms with Crippen LogP contribution < -0.4 is 20.1 Å². The van der Waals surface area contributed by atoms with Crippen molar-refractivity contribution in [3.8, 4) is 5.75 Å². The van der Waals surface area contributed by atoms with Crippen LogP contribution in [0.15, 0.2) is 58.8 Å². The van der Waals surface area contributed by atoms with Gasteiger partial charge in [-0.05, 0) is 61.1 Å². The van der Waals surface area contributed by atoms with E-state index in [4.69, 9.17) is 4.74 Å². The molecule has 1 fully saturated rings. The number of hydrogen-bond acceptors (Lipinski definition) is 9. The zero-order valence-electron chi connectivity index (χ0n) is 29.2. The van der Waals surface area contributed by atoms with E-state index < -0.39 is 34.1 Å². The molecular formula is C35H50N6O6S2. The number of aliphatic hydroxyl groups excluding tert-OH is 1. The third kappa shape index (κ3) is 10.2. The van der Waals surface area contributed by atoms with Gasteiger partial charge in [0.15, 0.2) is 0 Å². The molecule has 3 atom stereocenters. The second-order valence-corrected chi connectivity index (χ2v) is 15.8. The number of methoxy groups -OCH3 is 1. The largest absolute Gasteiger partial charge is 0.497 e. The van der Waals surface area contributed by atoms with E-state index in [-0.39, 0.29) is 35.7 Å². The molecule has 0 unspecified atom stereocenters. The zero-order chi connectivity index (χ0) is 35.7. The second kappa shape index (κ2) is 17.4. The van der Waals surface area contributed by atoms with Crippen molar-refractivity contribution < 1.29 is 27.9 Å². The molecular weight excluding hydrogens is 665 g/mol. The number of urea groups is 1. The van der Waals surface area contributed by atoms with Gasteiger partial charge in [-0.3, -0.25) is 4.79 Å². The average molecular weight is 715 g/mol. The topological polar surface area (TPSA) is 153 Å². The van der Waals surface area contributed by atoms with Gasteiger partial charge in [-0.1, -0.05) is 58.0 Å². The molecule has 49 heavy (non-hydrogen) atoms. The smallest absolute Gasteiger partial charge is 0.321 e. The summed E-state index contributed by atoms with van der Waals surface area (Å²) in [4.78, 5) is 35.6. The van der Waals surface area contributed by atoms with Crippen LogP contribution in [0, 0.1) is 11.8 Å². The van der Waals surface area contributed by atoms with Gasteiger partial charge >= 0.3 is 6.03 Å². The number of carbonyl (C=O) groups excluding carboxylic acids is 2. The summed E-state index contributed by atoms with van der Waals surface area (Å²) in [6.07, 6.45) is -0.506. The number of benzene rings is 2. The van der Waals surface area contributed by atoms with Crippen LogP contribution in [0.1, 0.15) is 49.5 Å². The third-order valence-electron chi connectivity index (χ3n) is 8.40. The Morgan fingerprint density at radius 3 is 2.47 bits per heavy atom. The van der Waals surface area contributed by atoms with Crippen molar-refractivity contribution in [2.24, 2.45) is 11.8 Å². The number of carbonyl (C=O) groups is 2. The maximum Gasteiger partial charge on any atom is 0.321 e. The number of thiazole rings is 1. The van der Waals surface area contributed by atoms with E-state index in [1.165, 1.54) is 24.5 Å². The van der Waals surface area contributed by atoms with Crippen LogP contribution >= 0.6 is 11.3 Å². The Kier molecular flexibility index (Phi) is 13.6. The number of nitrogens with one attached hydrogen (secondary N) is 3. The van der Waals surface area contributed by atoms with Crippen molar-refractivity contribution >= 4 is 33.3 Å². The molecule has 2 heterocycles.